The molecule has 3 aromatic rings. The summed E-state index contributed by atoms with van der Waals surface area (Å²) in [5, 5.41) is 6.14. The average molecular weight is 311 g/mol. The number of rotatable bonds is 3. The summed E-state index contributed by atoms with van der Waals surface area (Å²) in [6.07, 6.45) is 3.49. The highest BCUT2D eigenvalue weighted by Crippen LogP contribution is 2.23. The maximum absolute atomic E-state index is 6.03. The standard InChI is InChI=1S/C17H15ClN4/c1-11-9-17(20-16-4-3-14(18)10-15(11)16)22-21-12(2)13-5-7-19-8-6-13/h3-10H,1-2H3,(H,20,22)/b21-12+. The summed E-state index contributed by atoms with van der Waals surface area (Å²) in [6.45, 7) is 3.97. The molecule has 1 N–H and O–H groups in total. The molecule has 110 valence electrons. The molecule has 0 aliphatic heterocycles. The third-order valence-corrected chi connectivity index (χ3v) is 3.65. The van der Waals surface area contributed by atoms with Crippen LogP contribution in [0.1, 0.15) is 18.1 Å². The molecule has 0 radical (unpaired) electrons. The van der Waals surface area contributed by atoms with Crippen LogP contribution in [0, 0.1) is 6.92 Å². The number of benzene rings is 1. The lowest BCUT2D eigenvalue weighted by Gasteiger charge is -2.07. The molecule has 0 unspecified atom stereocenters. The van der Waals surface area contributed by atoms with Gasteiger partial charge in [-0.3, -0.25) is 10.4 Å². The Labute approximate surface area is 133 Å². The Balaban J connectivity index is 1.90. The molecule has 0 fully saturated rings. The Bertz CT molecular complexity index is 844. The van der Waals surface area contributed by atoms with Crippen LogP contribution in [0.15, 0.2) is 53.9 Å². The molecule has 0 spiro atoms. The van der Waals surface area contributed by atoms with Gasteiger partial charge < -0.3 is 0 Å². The van der Waals surface area contributed by atoms with E-state index >= 15 is 0 Å². The van der Waals surface area contributed by atoms with Gasteiger partial charge in [-0.05, 0) is 55.8 Å². The molecular weight excluding hydrogens is 296 g/mol. The Hall–Kier alpha value is -2.46. The lowest BCUT2D eigenvalue weighted by molar-refractivity contribution is 1.23. The van der Waals surface area contributed by atoms with Crippen molar-refractivity contribution in [2.24, 2.45) is 5.10 Å². The van der Waals surface area contributed by atoms with Crippen molar-refractivity contribution in [1.82, 2.24) is 9.97 Å². The summed E-state index contributed by atoms with van der Waals surface area (Å²) in [5.74, 6) is 0.709. The van der Waals surface area contributed by atoms with Crippen molar-refractivity contribution < 1.29 is 0 Å². The molecule has 1 aromatic carbocycles. The summed E-state index contributed by atoms with van der Waals surface area (Å²) < 4.78 is 0. The summed E-state index contributed by atoms with van der Waals surface area (Å²) >= 11 is 6.03. The molecule has 0 aliphatic carbocycles. The minimum Gasteiger partial charge on any atom is -0.265 e. The maximum Gasteiger partial charge on any atom is 0.147 e. The lowest BCUT2D eigenvalue weighted by atomic mass is 10.1. The molecule has 22 heavy (non-hydrogen) atoms. The van der Waals surface area contributed by atoms with Gasteiger partial charge in [0.2, 0.25) is 0 Å². The molecule has 0 amide bonds. The first kappa shape index (κ1) is 14.5. The first-order valence-electron chi connectivity index (χ1n) is 6.91. The Kier molecular flexibility index (Phi) is 4.02. The van der Waals surface area contributed by atoms with E-state index in [0.717, 1.165) is 27.7 Å². The molecule has 5 heteroatoms. The Morgan fingerprint density at radius 3 is 2.68 bits per heavy atom. The number of hydrogen-bond acceptors (Lipinski definition) is 4. The lowest BCUT2D eigenvalue weighted by Crippen LogP contribution is -2.01. The van der Waals surface area contributed by atoms with Crippen LogP contribution in [0.5, 0.6) is 0 Å². The van der Waals surface area contributed by atoms with Gasteiger partial charge in [-0.1, -0.05) is 11.6 Å². The van der Waals surface area contributed by atoms with Crippen molar-refractivity contribution in [3.05, 3.63) is 64.9 Å². The normalized spacial score (nSPS) is 11.7. The zero-order valence-electron chi connectivity index (χ0n) is 12.3. The number of fused-ring (bicyclic) bond motifs is 1. The van der Waals surface area contributed by atoms with E-state index in [0.29, 0.717) is 10.8 Å². The van der Waals surface area contributed by atoms with Crippen LogP contribution in [-0.2, 0) is 0 Å². The van der Waals surface area contributed by atoms with Crippen LogP contribution in [0.2, 0.25) is 5.02 Å². The topological polar surface area (TPSA) is 50.2 Å². The van der Waals surface area contributed by atoms with Crippen LogP contribution in [0.4, 0.5) is 5.82 Å². The third-order valence-electron chi connectivity index (χ3n) is 3.41. The molecule has 0 saturated carbocycles. The van der Waals surface area contributed by atoms with Crippen LogP contribution in [0.3, 0.4) is 0 Å². The number of halogens is 1. The predicted molar refractivity (Wildman–Crippen MR) is 91.6 cm³/mol. The van der Waals surface area contributed by atoms with Gasteiger partial charge in [0.05, 0.1) is 11.2 Å². The third kappa shape index (κ3) is 3.07. The minimum absolute atomic E-state index is 0.709. The van der Waals surface area contributed by atoms with Crippen molar-refractivity contribution in [2.75, 3.05) is 5.43 Å². The fourth-order valence-electron chi connectivity index (χ4n) is 2.22. The minimum atomic E-state index is 0.709. The molecule has 0 saturated heterocycles. The molecule has 3 rings (SSSR count). The van der Waals surface area contributed by atoms with Crippen molar-refractivity contribution in [2.45, 2.75) is 13.8 Å². The van der Waals surface area contributed by atoms with E-state index in [1.165, 1.54) is 0 Å². The van der Waals surface area contributed by atoms with Crippen LogP contribution in [-0.4, -0.2) is 15.7 Å². The fourth-order valence-corrected chi connectivity index (χ4v) is 2.39. The van der Waals surface area contributed by atoms with Gasteiger partial charge in [-0.2, -0.15) is 5.10 Å². The molecule has 0 bridgehead atoms. The van der Waals surface area contributed by atoms with E-state index in [4.69, 9.17) is 11.6 Å². The zero-order chi connectivity index (χ0) is 15.5. The molecule has 2 aromatic heterocycles. The summed E-state index contributed by atoms with van der Waals surface area (Å²) in [4.78, 5) is 8.55. The number of aromatic nitrogens is 2. The van der Waals surface area contributed by atoms with Crippen molar-refractivity contribution in [1.29, 1.82) is 0 Å². The first-order valence-corrected chi connectivity index (χ1v) is 7.29. The SMILES string of the molecule is C/C(=N\Nc1cc(C)c2cc(Cl)ccc2n1)c1ccncc1. The summed E-state index contributed by atoms with van der Waals surface area (Å²) in [6, 6.07) is 11.5. The number of anilines is 1. The van der Waals surface area contributed by atoms with Crippen LogP contribution in [0.25, 0.3) is 10.9 Å². The van der Waals surface area contributed by atoms with Crippen molar-refractivity contribution >= 4 is 34.0 Å². The zero-order valence-corrected chi connectivity index (χ0v) is 13.1. The maximum atomic E-state index is 6.03. The molecule has 0 atom stereocenters. The fraction of sp³-hybridized carbons (Fsp3) is 0.118. The molecule has 2 heterocycles. The van der Waals surface area contributed by atoms with E-state index in [1.54, 1.807) is 12.4 Å². The van der Waals surface area contributed by atoms with E-state index in [9.17, 15) is 0 Å². The Morgan fingerprint density at radius 2 is 1.91 bits per heavy atom. The second-order valence-corrected chi connectivity index (χ2v) is 5.47. The molecule has 4 nitrogen and oxygen atoms in total. The number of hydrazone groups is 1. The highest BCUT2D eigenvalue weighted by molar-refractivity contribution is 6.31. The largest absolute Gasteiger partial charge is 0.265 e. The van der Waals surface area contributed by atoms with Gasteiger partial charge in [0.25, 0.3) is 0 Å². The van der Waals surface area contributed by atoms with E-state index in [-0.39, 0.29) is 0 Å². The van der Waals surface area contributed by atoms with Gasteiger partial charge in [-0.15, -0.1) is 0 Å². The Morgan fingerprint density at radius 1 is 1.14 bits per heavy atom. The number of aryl methyl sites for hydroxylation is 1. The quantitative estimate of drug-likeness (QED) is 0.575. The number of nitrogens with zero attached hydrogens (tertiary/aromatic N) is 3. The van der Waals surface area contributed by atoms with E-state index < -0.39 is 0 Å². The van der Waals surface area contributed by atoms with Gasteiger partial charge in [0, 0.05) is 28.4 Å². The average Bonchev–Trinajstić information content (AvgIpc) is 2.54. The van der Waals surface area contributed by atoms with E-state index in [1.807, 2.05) is 50.2 Å². The summed E-state index contributed by atoms with van der Waals surface area (Å²) in [5.41, 5.74) is 6.90. The monoisotopic (exact) mass is 310 g/mol. The number of hydrogen-bond donors (Lipinski definition) is 1. The highest BCUT2D eigenvalue weighted by Gasteiger charge is 2.03. The second-order valence-electron chi connectivity index (χ2n) is 5.03. The van der Waals surface area contributed by atoms with E-state index in [2.05, 4.69) is 20.5 Å². The molecule has 0 aliphatic rings. The smallest absolute Gasteiger partial charge is 0.147 e. The first-order chi connectivity index (χ1) is 10.6. The van der Waals surface area contributed by atoms with Crippen molar-refractivity contribution in [3.63, 3.8) is 0 Å². The van der Waals surface area contributed by atoms with Crippen molar-refractivity contribution in [3.8, 4) is 0 Å². The van der Waals surface area contributed by atoms with Gasteiger partial charge in [-0.25, -0.2) is 4.98 Å². The number of pyridine rings is 2. The van der Waals surface area contributed by atoms with Gasteiger partial charge in [0.15, 0.2) is 0 Å². The van der Waals surface area contributed by atoms with Gasteiger partial charge in [0.1, 0.15) is 5.82 Å². The van der Waals surface area contributed by atoms with Crippen LogP contribution >= 0.6 is 11.6 Å². The number of nitrogens with one attached hydrogen (secondary N) is 1. The molecular formula is C17H15ClN4. The highest BCUT2D eigenvalue weighted by atomic mass is 35.5. The van der Waals surface area contributed by atoms with Crippen LogP contribution < -0.4 is 5.43 Å². The summed E-state index contributed by atoms with van der Waals surface area (Å²) in [7, 11) is 0. The van der Waals surface area contributed by atoms with Gasteiger partial charge >= 0.3 is 0 Å². The second kappa shape index (κ2) is 6.12. The predicted octanol–water partition coefficient (Wildman–Crippen LogP) is 4.43.